The summed E-state index contributed by atoms with van der Waals surface area (Å²) in [5.74, 6) is -0.00457. The molecule has 0 spiro atoms. The molecule has 0 aromatic heterocycles. The zero-order chi connectivity index (χ0) is 64.2. The number of esters is 1. The van der Waals surface area contributed by atoms with E-state index in [0.717, 1.165) is 38.5 Å². The number of amides is 1. The first-order chi connectivity index (χ1) is 44.0. The first kappa shape index (κ1) is 87.6. The molecule has 2 unspecified atom stereocenters. The Bertz CT molecular complexity index is 1350. The Labute approximate surface area is 559 Å². The summed E-state index contributed by atoms with van der Waals surface area (Å²) in [5.41, 5.74) is 0. The van der Waals surface area contributed by atoms with Crippen LogP contribution in [0.5, 0.6) is 0 Å². The number of allylic oxidation sites excluding steroid dienone is 2. The number of rotatable bonds is 79. The molecule has 0 aliphatic heterocycles. The van der Waals surface area contributed by atoms with Crippen molar-refractivity contribution in [2.24, 2.45) is 0 Å². The summed E-state index contributed by atoms with van der Waals surface area (Å²) in [6, 6.07) is -0.539. The van der Waals surface area contributed by atoms with Gasteiger partial charge in [0.15, 0.2) is 0 Å². The SMILES string of the molecule is CCCCCCCCC/C=C\CCCCCCCCCC(=O)OCCCCCCCCCCCCCCCCCCCCCCCCCCCCCCCCCCC(=O)NC(CO)C(O)CCCCCCCCCCCCCCCCCCCCCCCC. The van der Waals surface area contributed by atoms with Crippen molar-refractivity contribution >= 4 is 11.9 Å². The maximum atomic E-state index is 12.6. The topological polar surface area (TPSA) is 95.9 Å². The summed E-state index contributed by atoms with van der Waals surface area (Å²) in [6.07, 6.45) is 100. The largest absolute Gasteiger partial charge is 0.466 e. The van der Waals surface area contributed by atoms with Crippen LogP contribution >= 0.6 is 0 Å². The first-order valence-electron chi connectivity index (χ1n) is 41.4. The van der Waals surface area contributed by atoms with E-state index in [0.29, 0.717) is 25.9 Å². The molecule has 0 heterocycles. The monoisotopic (exact) mass is 1250 g/mol. The Hall–Kier alpha value is -1.40. The van der Waals surface area contributed by atoms with Gasteiger partial charge in [0.2, 0.25) is 5.91 Å². The molecule has 0 saturated heterocycles. The van der Waals surface area contributed by atoms with E-state index in [1.54, 1.807) is 0 Å². The van der Waals surface area contributed by atoms with Crippen LogP contribution in [0.15, 0.2) is 12.2 Å². The van der Waals surface area contributed by atoms with Crippen LogP contribution in [0, 0.1) is 0 Å². The van der Waals surface area contributed by atoms with Gasteiger partial charge in [0.1, 0.15) is 0 Å². The van der Waals surface area contributed by atoms with Gasteiger partial charge in [-0.25, -0.2) is 0 Å². The normalized spacial score (nSPS) is 12.4. The van der Waals surface area contributed by atoms with Gasteiger partial charge in [-0.1, -0.05) is 431 Å². The second-order valence-corrected chi connectivity index (χ2v) is 28.8. The molecule has 0 aromatic carbocycles. The highest BCUT2D eigenvalue weighted by atomic mass is 16.5. The maximum absolute atomic E-state index is 12.6. The third-order valence-corrected chi connectivity index (χ3v) is 19.8. The zero-order valence-corrected chi connectivity index (χ0v) is 61.0. The molecule has 1 amide bonds. The van der Waals surface area contributed by atoms with Crippen LogP contribution in [0.2, 0.25) is 0 Å². The summed E-state index contributed by atoms with van der Waals surface area (Å²) < 4.78 is 5.52. The van der Waals surface area contributed by atoms with Crippen LogP contribution in [0.3, 0.4) is 0 Å². The van der Waals surface area contributed by atoms with Gasteiger partial charge in [-0.15, -0.1) is 0 Å². The van der Waals surface area contributed by atoms with Crippen LogP contribution in [0.25, 0.3) is 0 Å². The van der Waals surface area contributed by atoms with Crippen LogP contribution in [-0.2, 0) is 14.3 Å². The molecular weight excluding hydrogens is 1090 g/mol. The van der Waals surface area contributed by atoms with Crippen molar-refractivity contribution in [3.8, 4) is 0 Å². The number of carbonyl (C=O) groups is 2. The lowest BCUT2D eigenvalue weighted by Gasteiger charge is -2.22. The second-order valence-electron chi connectivity index (χ2n) is 28.8. The third-order valence-electron chi connectivity index (χ3n) is 19.8. The lowest BCUT2D eigenvalue weighted by Crippen LogP contribution is -2.45. The minimum atomic E-state index is -0.662. The Morgan fingerprint density at radius 2 is 0.528 bits per heavy atom. The predicted octanol–water partition coefficient (Wildman–Crippen LogP) is 27.4. The number of nitrogens with one attached hydrogen (secondary N) is 1. The Kier molecular flexibility index (Phi) is 77.8. The first-order valence-corrected chi connectivity index (χ1v) is 41.4. The van der Waals surface area contributed by atoms with Gasteiger partial charge < -0.3 is 20.3 Å². The van der Waals surface area contributed by atoms with Crippen LogP contribution in [-0.4, -0.2) is 47.4 Å². The number of aliphatic hydroxyl groups excluding tert-OH is 2. The fourth-order valence-corrected chi connectivity index (χ4v) is 13.5. The summed E-state index contributed by atoms with van der Waals surface area (Å²) in [4.78, 5) is 24.7. The zero-order valence-electron chi connectivity index (χ0n) is 61.0. The Balaban J connectivity index is 3.32. The van der Waals surface area contributed by atoms with Gasteiger partial charge in [0, 0.05) is 12.8 Å². The highest BCUT2D eigenvalue weighted by molar-refractivity contribution is 5.76. The lowest BCUT2D eigenvalue weighted by molar-refractivity contribution is -0.143. The van der Waals surface area contributed by atoms with Crippen LogP contribution in [0.4, 0.5) is 0 Å². The smallest absolute Gasteiger partial charge is 0.305 e. The fraction of sp³-hybridized carbons (Fsp3) is 0.952. The molecule has 0 fully saturated rings. The maximum Gasteiger partial charge on any atom is 0.305 e. The average molecular weight is 1260 g/mol. The number of unbranched alkanes of at least 4 members (excludes halogenated alkanes) is 66. The van der Waals surface area contributed by atoms with Gasteiger partial charge in [-0.3, -0.25) is 9.59 Å². The van der Waals surface area contributed by atoms with Crippen molar-refractivity contribution in [2.45, 2.75) is 495 Å². The Morgan fingerprint density at radius 3 is 0.798 bits per heavy atom. The van der Waals surface area contributed by atoms with E-state index in [4.69, 9.17) is 4.74 Å². The molecule has 6 nitrogen and oxygen atoms in total. The molecule has 0 saturated carbocycles. The molecule has 0 aromatic rings. The molecule has 89 heavy (non-hydrogen) atoms. The van der Waals surface area contributed by atoms with E-state index in [9.17, 15) is 19.8 Å². The molecule has 0 bridgehead atoms. The van der Waals surface area contributed by atoms with E-state index in [1.807, 2.05) is 0 Å². The van der Waals surface area contributed by atoms with Crippen LogP contribution < -0.4 is 5.32 Å². The van der Waals surface area contributed by atoms with Gasteiger partial charge in [-0.2, -0.15) is 0 Å². The molecule has 0 aliphatic rings. The number of ether oxygens (including phenoxy) is 1. The quantitative estimate of drug-likeness (QED) is 0.0320. The molecule has 0 aliphatic carbocycles. The van der Waals surface area contributed by atoms with E-state index in [2.05, 4.69) is 31.3 Å². The van der Waals surface area contributed by atoms with Gasteiger partial charge in [0.05, 0.1) is 25.4 Å². The molecule has 530 valence electrons. The highest BCUT2D eigenvalue weighted by Crippen LogP contribution is 2.21. The summed E-state index contributed by atoms with van der Waals surface area (Å²) >= 11 is 0. The van der Waals surface area contributed by atoms with E-state index < -0.39 is 12.1 Å². The molecule has 2 atom stereocenters. The molecule has 3 N–H and O–H groups in total. The van der Waals surface area contributed by atoms with Gasteiger partial charge in [0.25, 0.3) is 0 Å². The predicted molar refractivity (Wildman–Crippen MR) is 394 cm³/mol. The molecular formula is C83H163NO5. The van der Waals surface area contributed by atoms with Crippen molar-refractivity contribution in [2.75, 3.05) is 13.2 Å². The minimum absolute atomic E-state index is 0.0198. The second kappa shape index (κ2) is 79.0. The van der Waals surface area contributed by atoms with Gasteiger partial charge >= 0.3 is 5.97 Å². The van der Waals surface area contributed by atoms with Crippen molar-refractivity contribution in [1.29, 1.82) is 0 Å². The van der Waals surface area contributed by atoms with Crippen LogP contribution in [0.1, 0.15) is 483 Å². The lowest BCUT2D eigenvalue weighted by atomic mass is 10.0. The Morgan fingerprint density at radius 1 is 0.303 bits per heavy atom. The van der Waals surface area contributed by atoms with E-state index >= 15 is 0 Å². The van der Waals surface area contributed by atoms with Crippen molar-refractivity contribution in [3.63, 3.8) is 0 Å². The van der Waals surface area contributed by atoms with E-state index in [-0.39, 0.29) is 18.5 Å². The molecule has 0 rings (SSSR count). The van der Waals surface area contributed by atoms with Crippen molar-refractivity contribution in [1.82, 2.24) is 5.32 Å². The van der Waals surface area contributed by atoms with Crippen molar-refractivity contribution < 1.29 is 24.5 Å². The number of aliphatic hydroxyl groups is 2. The summed E-state index contributed by atoms with van der Waals surface area (Å²) in [7, 11) is 0. The van der Waals surface area contributed by atoms with E-state index in [1.165, 1.54) is 411 Å². The number of hydrogen-bond acceptors (Lipinski definition) is 5. The number of hydrogen-bond donors (Lipinski definition) is 3. The fourth-order valence-electron chi connectivity index (χ4n) is 13.5. The van der Waals surface area contributed by atoms with Crippen molar-refractivity contribution in [3.05, 3.63) is 12.2 Å². The molecule has 0 radical (unpaired) electrons. The highest BCUT2D eigenvalue weighted by Gasteiger charge is 2.20. The third kappa shape index (κ3) is 75.5. The summed E-state index contributed by atoms with van der Waals surface area (Å²) in [6.45, 7) is 5.01. The molecule has 6 heteroatoms. The average Bonchev–Trinajstić information content (AvgIpc) is 3.54. The van der Waals surface area contributed by atoms with Gasteiger partial charge in [-0.05, 0) is 51.4 Å². The summed E-state index contributed by atoms with van der Waals surface area (Å²) in [5, 5.41) is 23.5. The standard InChI is InChI=1S/C83H163NO5/c1-3-5-7-9-11-13-15-17-19-21-23-24-37-40-43-47-51-55-59-63-67-71-75-81(86)80(79-85)84-82(87)76-72-68-64-60-56-52-48-44-41-38-35-33-31-29-27-25-26-28-30-32-34-36-39-42-46-50-54-58-62-66-70-74-78-89-83(88)77-73-69-65-61-57-53-49-45-22-20-18-16-14-12-10-8-6-4-2/h20,22,80-81,85-86H,3-19,21,23-79H2,1-2H3,(H,84,87)/b22-20-. The number of carbonyl (C=O) groups excluding carboxylic acids is 2. The minimum Gasteiger partial charge on any atom is -0.466 e.